The number of nitrogens with one attached hydrogen (secondary N) is 1. The van der Waals surface area contributed by atoms with Gasteiger partial charge in [-0.3, -0.25) is 9.89 Å². The average molecular weight is 536 g/mol. The van der Waals surface area contributed by atoms with Crippen LogP contribution in [0, 0.1) is 19.8 Å². The van der Waals surface area contributed by atoms with Gasteiger partial charge in [-0.05, 0) is 66.5 Å². The predicted molar refractivity (Wildman–Crippen MR) is 133 cm³/mol. The molecular weight excluding hydrogens is 497 g/mol. The van der Waals surface area contributed by atoms with Crippen LogP contribution >= 0.6 is 35.7 Å². The highest BCUT2D eigenvalue weighted by Gasteiger charge is 2.29. The summed E-state index contributed by atoms with van der Waals surface area (Å²) in [5.41, 5.74) is 1.01. The van der Waals surface area contributed by atoms with Crippen LogP contribution < -0.4 is 5.32 Å². The van der Waals surface area contributed by atoms with Crippen molar-refractivity contribution in [2.45, 2.75) is 58.8 Å². The molecule has 6 nitrogen and oxygen atoms in total. The zero-order valence-corrected chi connectivity index (χ0v) is 21.8. The molecule has 0 aromatic carbocycles. The van der Waals surface area contributed by atoms with E-state index in [1.165, 1.54) is 18.6 Å². The fourth-order valence-corrected chi connectivity index (χ4v) is 5.08. The van der Waals surface area contributed by atoms with Crippen LogP contribution in [0.5, 0.6) is 0 Å². The summed E-state index contributed by atoms with van der Waals surface area (Å²) >= 11 is 2.07. The summed E-state index contributed by atoms with van der Waals surface area (Å²) in [6, 6.07) is 0. The van der Waals surface area contributed by atoms with Crippen molar-refractivity contribution in [2.75, 3.05) is 45.0 Å². The molecule has 2 fully saturated rings. The van der Waals surface area contributed by atoms with Crippen LogP contribution in [0.2, 0.25) is 0 Å². The van der Waals surface area contributed by atoms with E-state index in [1.807, 2.05) is 13.8 Å². The molecular formula is C21H38IN5OS. The summed E-state index contributed by atoms with van der Waals surface area (Å²) in [7, 11) is 0. The van der Waals surface area contributed by atoms with E-state index < -0.39 is 0 Å². The van der Waals surface area contributed by atoms with Gasteiger partial charge in [0.2, 0.25) is 5.89 Å². The lowest BCUT2D eigenvalue weighted by atomic mass is 9.97. The number of rotatable bonds is 5. The smallest absolute Gasteiger partial charge is 0.208 e. The Bertz CT molecular complexity index is 651. The molecule has 1 N–H and O–H groups in total. The van der Waals surface area contributed by atoms with Crippen molar-refractivity contribution in [1.29, 1.82) is 0 Å². The second-order valence-corrected chi connectivity index (χ2v) is 10.5. The maximum atomic E-state index is 5.74. The van der Waals surface area contributed by atoms with E-state index in [2.05, 4.69) is 52.6 Å². The summed E-state index contributed by atoms with van der Waals surface area (Å²) in [5, 5.41) is 3.51. The van der Waals surface area contributed by atoms with Crippen LogP contribution in [0.3, 0.4) is 0 Å². The number of guanidine groups is 1. The first-order chi connectivity index (χ1) is 13.4. The summed E-state index contributed by atoms with van der Waals surface area (Å²) in [4.78, 5) is 14.4. The van der Waals surface area contributed by atoms with Crippen LogP contribution in [0.4, 0.5) is 0 Å². The molecule has 0 spiro atoms. The first-order valence-electron chi connectivity index (χ1n) is 10.7. The van der Waals surface area contributed by atoms with Gasteiger partial charge in [-0.2, -0.15) is 11.8 Å². The third-order valence-electron chi connectivity index (χ3n) is 5.70. The number of aryl methyl sites for hydroxylation is 2. The Labute approximate surface area is 197 Å². The molecule has 2 saturated heterocycles. The van der Waals surface area contributed by atoms with Crippen molar-refractivity contribution in [3.8, 4) is 0 Å². The monoisotopic (exact) mass is 535 g/mol. The van der Waals surface area contributed by atoms with Gasteiger partial charge in [0, 0.05) is 36.7 Å². The zero-order chi connectivity index (χ0) is 20.1. The third-order valence-corrected chi connectivity index (χ3v) is 7.00. The number of halogens is 1. The molecule has 2 aliphatic heterocycles. The maximum Gasteiger partial charge on any atom is 0.208 e. The van der Waals surface area contributed by atoms with E-state index in [0.717, 1.165) is 69.1 Å². The second kappa shape index (κ2) is 11.2. The van der Waals surface area contributed by atoms with Gasteiger partial charge in [0.25, 0.3) is 0 Å². The standard InChI is InChI=1S/C21H37N5OS.HI/c1-6-22-20(26-11-12-28-21(4,5)15-26)23-13-18-7-9-25(10-8-18)14-19-24-16(2)17(3)27-19;/h18H,6-15H2,1-5H3,(H,22,23);1H. The number of piperidine rings is 1. The Balaban J connectivity index is 0.00000300. The molecule has 166 valence electrons. The first-order valence-corrected chi connectivity index (χ1v) is 11.7. The number of likely N-dealkylation sites (tertiary alicyclic amines) is 1. The molecule has 0 saturated carbocycles. The van der Waals surface area contributed by atoms with E-state index in [0.29, 0.717) is 10.7 Å². The van der Waals surface area contributed by atoms with Gasteiger partial charge >= 0.3 is 0 Å². The van der Waals surface area contributed by atoms with Crippen molar-refractivity contribution in [3.63, 3.8) is 0 Å². The van der Waals surface area contributed by atoms with Crippen molar-refractivity contribution >= 4 is 41.7 Å². The highest BCUT2D eigenvalue weighted by molar-refractivity contribution is 14.0. The lowest BCUT2D eigenvalue weighted by molar-refractivity contribution is 0.166. The van der Waals surface area contributed by atoms with E-state index in [4.69, 9.17) is 9.41 Å². The predicted octanol–water partition coefficient (Wildman–Crippen LogP) is 3.91. The number of oxazole rings is 1. The summed E-state index contributed by atoms with van der Waals surface area (Å²) in [6.45, 7) is 17.9. The lowest BCUT2D eigenvalue weighted by Gasteiger charge is -2.39. The summed E-state index contributed by atoms with van der Waals surface area (Å²) in [5.74, 6) is 4.74. The van der Waals surface area contributed by atoms with Gasteiger partial charge in [-0.1, -0.05) is 0 Å². The molecule has 0 unspecified atom stereocenters. The van der Waals surface area contributed by atoms with Crippen molar-refractivity contribution in [2.24, 2.45) is 10.9 Å². The normalized spacial score (nSPS) is 21.1. The third kappa shape index (κ3) is 7.31. The van der Waals surface area contributed by atoms with E-state index in [9.17, 15) is 0 Å². The average Bonchev–Trinajstić information content (AvgIpc) is 2.96. The van der Waals surface area contributed by atoms with Gasteiger partial charge in [0.1, 0.15) is 5.76 Å². The maximum absolute atomic E-state index is 5.74. The molecule has 0 amide bonds. The number of hydrogen-bond donors (Lipinski definition) is 1. The van der Waals surface area contributed by atoms with Gasteiger partial charge < -0.3 is 14.6 Å². The molecule has 1 aromatic rings. The van der Waals surface area contributed by atoms with Crippen molar-refractivity contribution in [3.05, 3.63) is 17.3 Å². The van der Waals surface area contributed by atoms with Gasteiger partial charge in [0.15, 0.2) is 5.96 Å². The number of thioether (sulfide) groups is 1. The molecule has 0 radical (unpaired) electrons. The molecule has 0 aliphatic carbocycles. The van der Waals surface area contributed by atoms with E-state index >= 15 is 0 Å². The molecule has 29 heavy (non-hydrogen) atoms. The van der Waals surface area contributed by atoms with Crippen LogP contribution in [0.1, 0.15) is 51.0 Å². The second-order valence-electron chi connectivity index (χ2n) is 8.69. The SMILES string of the molecule is CCNC(=NCC1CCN(Cc2nc(C)c(C)o2)CC1)N1CCSC(C)(C)C1.I. The van der Waals surface area contributed by atoms with Gasteiger partial charge in [-0.15, -0.1) is 24.0 Å². The lowest BCUT2D eigenvalue weighted by Crippen LogP contribution is -2.51. The minimum absolute atomic E-state index is 0. The summed E-state index contributed by atoms with van der Waals surface area (Å²) in [6.07, 6.45) is 2.39. The molecule has 0 bridgehead atoms. The first kappa shape index (κ1) is 24.8. The minimum Gasteiger partial charge on any atom is -0.444 e. The number of hydrogen-bond acceptors (Lipinski definition) is 5. The van der Waals surface area contributed by atoms with Gasteiger partial charge in [0.05, 0.1) is 12.2 Å². The Morgan fingerprint density at radius 1 is 1.28 bits per heavy atom. The topological polar surface area (TPSA) is 56.9 Å². The number of nitrogens with zero attached hydrogens (tertiary/aromatic N) is 4. The van der Waals surface area contributed by atoms with E-state index in [-0.39, 0.29) is 24.0 Å². The number of aliphatic imine (C=N–C) groups is 1. The Hall–Kier alpha value is -0.480. The molecule has 1 aromatic heterocycles. The van der Waals surface area contributed by atoms with Crippen molar-refractivity contribution in [1.82, 2.24) is 20.1 Å². The van der Waals surface area contributed by atoms with Crippen LogP contribution in [0.25, 0.3) is 0 Å². The highest BCUT2D eigenvalue weighted by Crippen LogP contribution is 2.29. The Morgan fingerprint density at radius 3 is 2.59 bits per heavy atom. The Kier molecular flexibility index (Phi) is 9.60. The fraction of sp³-hybridized carbons (Fsp3) is 0.810. The quantitative estimate of drug-likeness (QED) is 0.351. The van der Waals surface area contributed by atoms with Crippen molar-refractivity contribution < 1.29 is 4.42 Å². The van der Waals surface area contributed by atoms with Crippen LogP contribution in [-0.4, -0.2) is 70.5 Å². The van der Waals surface area contributed by atoms with Gasteiger partial charge in [-0.25, -0.2) is 4.98 Å². The largest absolute Gasteiger partial charge is 0.444 e. The highest BCUT2D eigenvalue weighted by atomic mass is 127. The van der Waals surface area contributed by atoms with Crippen LogP contribution in [0.15, 0.2) is 9.41 Å². The number of aromatic nitrogens is 1. The fourth-order valence-electron chi connectivity index (χ4n) is 3.96. The zero-order valence-electron chi connectivity index (χ0n) is 18.7. The molecule has 2 aliphatic rings. The molecule has 3 rings (SSSR count). The Morgan fingerprint density at radius 2 is 2.00 bits per heavy atom. The molecule has 8 heteroatoms. The minimum atomic E-state index is 0. The molecule has 3 heterocycles. The van der Waals surface area contributed by atoms with Crippen LogP contribution in [-0.2, 0) is 6.54 Å². The van der Waals surface area contributed by atoms with E-state index in [1.54, 1.807) is 0 Å². The summed E-state index contributed by atoms with van der Waals surface area (Å²) < 4.78 is 6.05. The molecule has 0 atom stereocenters.